The molecule has 0 unspecified atom stereocenters. The minimum atomic E-state index is 0.152. The average Bonchev–Trinajstić information content (AvgIpc) is 2.36. The second-order valence-corrected chi connectivity index (χ2v) is 6.70. The summed E-state index contributed by atoms with van der Waals surface area (Å²) >= 11 is 0. The molecule has 4 fully saturated rings. The van der Waals surface area contributed by atoms with Gasteiger partial charge in [0.25, 0.3) is 0 Å². The number of nitrogen functional groups attached to an aromatic ring is 1. The van der Waals surface area contributed by atoms with Gasteiger partial charge in [0, 0.05) is 5.41 Å². The van der Waals surface area contributed by atoms with Crippen LogP contribution in [0.3, 0.4) is 0 Å². The van der Waals surface area contributed by atoms with Crippen LogP contribution in [0.5, 0.6) is 6.01 Å². The Labute approximate surface area is 113 Å². The summed E-state index contributed by atoms with van der Waals surface area (Å²) in [6.07, 6.45) is 7.92. The number of nitrogens with zero attached hydrogens (tertiary/aromatic N) is 3. The summed E-state index contributed by atoms with van der Waals surface area (Å²) in [5.41, 5.74) is 5.96. The summed E-state index contributed by atoms with van der Waals surface area (Å²) in [5, 5.41) is 0. The molecule has 5 nitrogen and oxygen atoms in total. The molecule has 4 aliphatic rings. The third kappa shape index (κ3) is 1.70. The van der Waals surface area contributed by atoms with Gasteiger partial charge in [0.05, 0.1) is 7.11 Å². The van der Waals surface area contributed by atoms with E-state index in [4.69, 9.17) is 10.5 Å². The maximum Gasteiger partial charge on any atom is 0.321 e. The second kappa shape index (κ2) is 3.81. The lowest BCUT2D eigenvalue weighted by Crippen LogP contribution is -2.49. The van der Waals surface area contributed by atoms with Crippen molar-refractivity contribution in [3.8, 4) is 6.01 Å². The Bertz CT molecular complexity index is 481. The van der Waals surface area contributed by atoms with Gasteiger partial charge in [0.2, 0.25) is 5.95 Å². The average molecular weight is 260 g/mol. The van der Waals surface area contributed by atoms with Gasteiger partial charge in [-0.1, -0.05) is 0 Å². The molecule has 102 valence electrons. The predicted molar refractivity (Wildman–Crippen MR) is 70.6 cm³/mol. The zero-order chi connectivity index (χ0) is 13.0. The largest absolute Gasteiger partial charge is 0.467 e. The first kappa shape index (κ1) is 11.4. The molecular formula is C14H20N4O. The third-order valence-corrected chi connectivity index (χ3v) is 5.33. The van der Waals surface area contributed by atoms with Crippen LogP contribution >= 0.6 is 0 Å². The van der Waals surface area contributed by atoms with Crippen molar-refractivity contribution in [2.24, 2.45) is 17.8 Å². The molecule has 5 rings (SSSR count). The van der Waals surface area contributed by atoms with Crippen LogP contribution in [0.15, 0.2) is 0 Å². The molecule has 0 spiro atoms. The number of hydrogen-bond donors (Lipinski definition) is 1. The molecule has 0 aromatic carbocycles. The van der Waals surface area contributed by atoms with E-state index in [2.05, 4.69) is 15.0 Å². The van der Waals surface area contributed by atoms with Crippen molar-refractivity contribution >= 4 is 5.95 Å². The molecule has 0 atom stereocenters. The van der Waals surface area contributed by atoms with Gasteiger partial charge in [-0.25, -0.2) is 0 Å². The molecule has 2 N–H and O–H groups in total. The first-order chi connectivity index (χ1) is 9.17. The fraction of sp³-hybridized carbons (Fsp3) is 0.786. The normalized spacial score (nSPS) is 39.5. The number of rotatable bonds is 2. The van der Waals surface area contributed by atoms with Gasteiger partial charge in [-0.3, -0.25) is 0 Å². The van der Waals surface area contributed by atoms with E-state index in [1.54, 1.807) is 7.11 Å². The summed E-state index contributed by atoms with van der Waals surface area (Å²) in [5.74, 6) is 3.79. The second-order valence-electron chi connectivity index (χ2n) is 6.70. The number of ether oxygens (including phenoxy) is 1. The smallest absolute Gasteiger partial charge is 0.321 e. The SMILES string of the molecule is COc1nc(N)nc(C23CC4CC(CC(C4)C2)C3)n1. The summed E-state index contributed by atoms with van der Waals surface area (Å²) < 4.78 is 5.16. The van der Waals surface area contributed by atoms with E-state index in [1.165, 1.54) is 38.5 Å². The fourth-order valence-corrected chi connectivity index (χ4v) is 5.09. The van der Waals surface area contributed by atoms with E-state index >= 15 is 0 Å². The topological polar surface area (TPSA) is 73.9 Å². The van der Waals surface area contributed by atoms with Crippen LogP contribution in [0, 0.1) is 17.8 Å². The Morgan fingerprint density at radius 3 is 2.11 bits per heavy atom. The minimum absolute atomic E-state index is 0.152. The first-order valence-electron chi connectivity index (χ1n) is 7.23. The van der Waals surface area contributed by atoms with E-state index in [0.29, 0.717) is 6.01 Å². The van der Waals surface area contributed by atoms with Crippen molar-refractivity contribution in [1.29, 1.82) is 0 Å². The van der Waals surface area contributed by atoms with Crippen LogP contribution in [0.25, 0.3) is 0 Å². The Kier molecular flexibility index (Phi) is 2.29. The van der Waals surface area contributed by atoms with Crippen LogP contribution in [-0.2, 0) is 5.41 Å². The highest BCUT2D eigenvalue weighted by Gasteiger charge is 2.53. The van der Waals surface area contributed by atoms with Crippen molar-refractivity contribution in [3.05, 3.63) is 5.82 Å². The highest BCUT2D eigenvalue weighted by molar-refractivity contribution is 5.25. The Balaban J connectivity index is 1.77. The molecule has 1 aromatic heterocycles. The van der Waals surface area contributed by atoms with Crippen LogP contribution in [0.2, 0.25) is 0 Å². The highest BCUT2D eigenvalue weighted by Crippen LogP contribution is 2.60. The van der Waals surface area contributed by atoms with Crippen LogP contribution in [-0.4, -0.2) is 22.1 Å². The van der Waals surface area contributed by atoms with Crippen LogP contribution < -0.4 is 10.5 Å². The van der Waals surface area contributed by atoms with Crippen molar-refractivity contribution in [3.63, 3.8) is 0 Å². The molecule has 4 aliphatic carbocycles. The first-order valence-corrected chi connectivity index (χ1v) is 7.23. The molecule has 19 heavy (non-hydrogen) atoms. The van der Waals surface area contributed by atoms with E-state index in [0.717, 1.165) is 23.6 Å². The van der Waals surface area contributed by atoms with E-state index in [9.17, 15) is 0 Å². The van der Waals surface area contributed by atoms with Gasteiger partial charge >= 0.3 is 6.01 Å². The molecule has 0 radical (unpaired) electrons. The summed E-state index contributed by atoms with van der Waals surface area (Å²) in [6, 6.07) is 0.359. The maximum atomic E-state index is 5.81. The molecule has 5 heteroatoms. The summed E-state index contributed by atoms with van der Waals surface area (Å²) in [6.45, 7) is 0. The van der Waals surface area contributed by atoms with Crippen molar-refractivity contribution in [1.82, 2.24) is 15.0 Å². The van der Waals surface area contributed by atoms with E-state index in [1.807, 2.05) is 0 Å². The summed E-state index contributed by atoms with van der Waals surface area (Å²) in [7, 11) is 1.58. The number of hydrogen-bond acceptors (Lipinski definition) is 5. The molecule has 0 amide bonds. The number of aromatic nitrogens is 3. The molecule has 0 saturated heterocycles. The third-order valence-electron chi connectivity index (χ3n) is 5.33. The molecule has 1 aromatic rings. The van der Waals surface area contributed by atoms with Crippen molar-refractivity contribution in [2.75, 3.05) is 12.8 Å². The zero-order valence-corrected chi connectivity index (χ0v) is 11.3. The molecule has 4 saturated carbocycles. The van der Waals surface area contributed by atoms with Crippen LogP contribution in [0.4, 0.5) is 5.95 Å². The van der Waals surface area contributed by atoms with Gasteiger partial charge in [-0.2, -0.15) is 15.0 Å². The highest BCUT2D eigenvalue weighted by atomic mass is 16.5. The number of nitrogens with two attached hydrogens (primary N) is 1. The number of anilines is 1. The minimum Gasteiger partial charge on any atom is -0.467 e. The van der Waals surface area contributed by atoms with Gasteiger partial charge < -0.3 is 10.5 Å². The Hall–Kier alpha value is -1.39. The molecular weight excluding hydrogens is 240 g/mol. The fourth-order valence-electron chi connectivity index (χ4n) is 5.09. The van der Waals surface area contributed by atoms with Gasteiger partial charge in [0.15, 0.2) is 0 Å². The Morgan fingerprint density at radius 1 is 1.00 bits per heavy atom. The van der Waals surface area contributed by atoms with Crippen molar-refractivity contribution in [2.45, 2.75) is 43.9 Å². The lowest BCUT2D eigenvalue weighted by atomic mass is 9.49. The Morgan fingerprint density at radius 2 is 1.58 bits per heavy atom. The molecule has 1 heterocycles. The molecule has 0 aliphatic heterocycles. The summed E-state index contributed by atoms with van der Waals surface area (Å²) in [4.78, 5) is 13.0. The van der Waals surface area contributed by atoms with Gasteiger partial charge in [0.1, 0.15) is 5.82 Å². The number of methoxy groups -OCH3 is 1. The van der Waals surface area contributed by atoms with Gasteiger partial charge in [-0.05, 0) is 56.3 Å². The van der Waals surface area contributed by atoms with E-state index < -0.39 is 0 Å². The maximum absolute atomic E-state index is 5.81. The van der Waals surface area contributed by atoms with E-state index in [-0.39, 0.29) is 11.4 Å². The monoisotopic (exact) mass is 260 g/mol. The predicted octanol–water partition coefficient (Wildman–Crippen LogP) is 1.93. The zero-order valence-electron chi connectivity index (χ0n) is 11.3. The van der Waals surface area contributed by atoms with Gasteiger partial charge in [-0.15, -0.1) is 0 Å². The lowest BCUT2D eigenvalue weighted by molar-refractivity contribution is -0.00969. The van der Waals surface area contributed by atoms with Crippen LogP contribution in [0.1, 0.15) is 44.3 Å². The molecule has 4 bridgehead atoms. The lowest BCUT2D eigenvalue weighted by Gasteiger charge is -2.55. The quantitative estimate of drug-likeness (QED) is 0.879. The van der Waals surface area contributed by atoms with Crippen molar-refractivity contribution < 1.29 is 4.74 Å². The standard InChI is InChI=1S/C14H20N4O/c1-19-13-17-11(16-12(15)18-13)14-5-8-2-9(6-14)4-10(3-8)7-14/h8-10H,2-7H2,1H3,(H2,15,16,17,18).